The number of ether oxygens (including phenoxy) is 2. The Hall–Kier alpha value is -2.74. The Balaban J connectivity index is 1.60. The molecule has 0 N–H and O–H groups in total. The number of hydrogen-bond donors (Lipinski definition) is 0. The molecule has 0 atom stereocenters. The first-order chi connectivity index (χ1) is 12.8. The van der Waals surface area contributed by atoms with Crippen molar-refractivity contribution in [2.45, 2.75) is 40.2 Å². The lowest BCUT2D eigenvalue weighted by Crippen LogP contribution is -2.16. The van der Waals surface area contributed by atoms with Crippen LogP contribution in [0.2, 0.25) is 0 Å². The number of esters is 1. The molecular formula is C19H21N3O4S. The number of aryl methyl sites for hydroxylation is 2. The summed E-state index contributed by atoms with van der Waals surface area (Å²) in [6, 6.07) is 7.38. The first kappa shape index (κ1) is 19.0. The van der Waals surface area contributed by atoms with E-state index in [-0.39, 0.29) is 18.8 Å². The van der Waals surface area contributed by atoms with E-state index in [0.29, 0.717) is 27.3 Å². The summed E-state index contributed by atoms with van der Waals surface area (Å²) in [4.78, 5) is 28.6. The third-order valence-corrected chi connectivity index (χ3v) is 4.88. The Morgan fingerprint density at radius 2 is 2.04 bits per heavy atom. The maximum atomic E-state index is 12.0. The molecule has 2 heterocycles. The molecule has 3 aromatic rings. The molecule has 0 aliphatic rings. The summed E-state index contributed by atoms with van der Waals surface area (Å²) in [5, 5.41) is 4.63. The summed E-state index contributed by atoms with van der Waals surface area (Å²) >= 11 is 1.21. The zero-order chi connectivity index (χ0) is 19.6. The standard InChI is InChI=1S/C19H21N3O4S/c1-11(2)14-6-5-12(3)15(8-14)25-10-18(24)26-9-16-21-22-17(23)7-13(4)20-19(22)27-16/h5-8,11H,9-10H2,1-4H3. The van der Waals surface area contributed by atoms with Crippen LogP contribution in [0, 0.1) is 13.8 Å². The Morgan fingerprint density at radius 1 is 1.26 bits per heavy atom. The molecule has 8 heteroatoms. The van der Waals surface area contributed by atoms with Crippen molar-refractivity contribution in [3.63, 3.8) is 0 Å². The van der Waals surface area contributed by atoms with E-state index in [1.807, 2.05) is 19.1 Å². The van der Waals surface area contributed by atoms with Crippen LogP contribution in [0.3, 0.4) is 0 Å². The van der Waals surface area contributed by atoms with Gasteiger partial charge in [-0.15, -0.1) is 0 Å². The summed E-state index contributed by atoms with van der Waals surface area (Å²) in [6.45, 7) is 7.65. The minimum Gasteiger partial charge on any atom is -0.482 e. The molecule has 1 aromatic carbocycles. The number of nitrogens with zero attached hydrogens (tertiary/aromatic N) is 3. The molecule has 0 amide bonds. The fourth-order valence-electron chi connectivity index (χ4n) is 2.47. The summed E-state index contributed by atoms with van der Waals surface area (Å²) < 4.78 is 12.0. The number of carbonyl (C=O) groups excluding carboxylic acids is 1. The van der Waals surface area contributed by atoms with Gasteiger partial charge in [0.2, 0.25) is 4.96 Å². The van der Waals surface area contributed by atoms with E-state index in [1.54, 1.807) is 6.92 Å². The van der Waals surface area contributed by atoms with Gasteiger partial charge < -0.3 is 9.47 Å². The quantitative estimate of drug-likeness (QED) is 0.605. The number of aromatic nitrogens is 3. The predicted octanol–water partition coefficient (Wildman–Crippen LogP) is 3.01. The average molecular weight is 387 g/mol. The summed E-state index contributed by atoms with van der Waals surface area (Å²) in [7, 11) is 0. The summed E-state index contributed by atoms with van der Waals surface area (Å²) in [6.07, 6.45) is 0. The second-order valence-electron chi connectivity index (χ2n) is 6.55. The van der Waals surface area contributed by atoms with Gasteiger partial charge in [-0.25, -0.2) is 9.78 Å². The minimum atomic E-state index is -0.500. The zero-order valence-corrected chi connectivity index (χ0v) is 16.5. The number of fused-ring (bicyclic) bond motifs is 1. The molecule has 0 bridgehead atoms. The molecule has 0 saturated carbocycles. The Morgan fingerprint density at radius 3 is 2.78 bits per heavy atom. The summed E-state index contributed by atoms with van der Waals surface area (Å²) in [5.41, 5.74) is 2.47. The van der Waals surface area contributed by atoms with Crippen molar-refractivity contribution < 1.29 is 14.3 Å². The van der Waals surface area contributed by atoms with Crippen LogP contribution in [0.4, 0.5) is 0 Å². The number of carbonyl (C=O) groups is 1. The van der Waals surface area contributed by atoms with E-state index in [2.05, 4.69) is 30.0 Å². The molecular weight excluding hydrogens is 366 g/mol. The van der Waals surface area contributed by atoms with E-state index >= 15 is 0 Å². The van der Waals surface area contributed by atoms with E-state index < -0.39 is 5.97 Å². The molecule has 2 aromatic heterocycles. The summed E-state index contributed by atoms with van der Waals surface area (Å²) in [5.74, 6) is 0.545. The fourth-order valence-corrected chi connectivity index (χ4v) is 3.33. The maximum absolute atomic E-state index is 12.0. The highest BCUT2D eigenvalue weighted by atomic mass is 32.1. The normalized spacial score (nSPS) is 11.1. The first-order valence-corrected chi connectivity index (χ1v) is 9.40. The van der Waals surface area contributed by atoms with E-state index in [9.17, 15) is 9.59 Å². The Labute approximate surface area is 160 Å². The topological polar surface area (TPSA) is 82.8 Å². The van der Waals surface area contributed by atoms with Crippen molar-refractivity contribution in [2.24, 2.45) is 0 Å². The monoisotopic (exact) mass is 387 g/mol. The van der Waals surface area contributed by atoms with Crippen molar-refractivity contribution in [2.75, 3.05) is 6.61 Å². The maximum Gasteiger partial charge on any atom is 0.344 e. The van der Waals surface area contributed by atoms with Crippen molar-refractivity contribution in [1.82, 2.24) is 14.6 Å². The van der Waals surface area contributed by atoms with Crippen molar-refractivity contribution >= 4 is 22.3 Å². The molecule has 0 spiro atoms. The Bertz CT molecular complexity index is 1040. The van der Waals surface area contributed by atoms with Gasteiger partial charge in [-0.2, -0.15) is 9.61 Å². The van der Waals surface area contributed by atoms with Crippen molar-refractivity contribution in [1.29, 1.82) is 0 Å². The van der Waals surface area contributed by atoms with Gasteiger partial charge in [0.25, 0.3) is 5.56 Å². The second kappa shape index (κ2) is 7.87. The van der Waals surface area contributed by atoms with E-state index in [0.717, 1.165) is 11.1 Å². The first-order valence-electron chi connectivity index (χ1n) is 8.59. The van der Waals surface area contributed by atoms with Crippen LogP contribution in [0.5, 0.6) is 5.75 Å². The fraction of sp³-hybridized carbons (Fsp3) is 0.368. The molecule has 0 saturated heterocycles. The van der Waals surface area contributed by atoms with E-state index in [1.165, 1.54) is 21.9 Å². The molecule has 0 radical (unpaired) electrons. The number of benzene rings is 1. The molecule has 0 aliphatic heterocycles. The smallest absolute Gasteiger partial charge is 0.344 e. The highest BCUT2D eigenvalue weighted by Gasteiger charge is 2.12. The van der Waals surface area contributed by atoms with Crippen LogP contribution in [0.15, 0.2) is 29.1 Å². The van der Waals surface area contributed by atoms with E-state index in [4.69, 9.17) is 9.47 Å². The van der Waals surface area contributed by atoms with Crippen molar-refractivity contribution in [3.05, 3.63) is 56.4 Å². The molecule has 142 valence electrons. The number of rotatable bonds is 6. The highest BCUT2D eigenvalue weighted by Crippen LogP contribution is 2.24. The average Bonchev–Trinajstić information content (AvgIpc) is 3.02. The third kappa shape index (κ3) is 4.51. The molecule has 7 nitrogen and oxygen atoms in total. The molecule has 27 heavy (non-hydrogen) atoms. The second-order valence-corrected chi connectivity index (χ2v) is 7.60. The van der Waals surface area contributed by atoms with Gasteiger partial charge >= 0.3 is 5.97 Å². The van der Waals surface area contributed by atoms with Crippen LogP contribution >= 0.6 is 11.3 Å². The predicted molar refractivity (Wildman–Crippen MR) is 102 cm³/mol. The van der Waals surface area contributed by atoms with Crippen LogP contribution < -0.4 is 10.3 Å². The lowest BCUT2D eigenvalue weighted by atomic mass is 10.0. The molecule has 0 unspecified atom stereocenters. The van der Waals surface area contributed by atoms with Crippen LogP contribution in [-0.4, -0.2) is 27.2 Å². The van der Waals surface area contributed by atoms with Gasteiger partial charge in [0.15, 0.2) is 11.6 Å². The van der Waals surface area contributed by atoms with Gasteiger partial charge in [-0.05, 0) is 37.0 Å². The SMILES string of the molecule is Cc1cc(=O)n2nc(COC(=O)COc3cc(C(C)C)ccc3C)sc2n1. The molecule has 0 fully saturated rings. The van der Waals surface area contributed by atoms with Crippen LogP contribution in [0.25, 0.3) is 4.96 Å². The largest absolute Gasteiger partial charge is 0.482 e. The van der Waals surface area contributed by atoms with Gasteiger partial charge in [0, 0.05) is 11.8 Å². The van der Waals surface area contributed by atoms with Gasteiger partial charge in [-0.3, -0.25) is 4.79 Å². The van der Waals surface area contributed by atoms with Crippen LogP contribution in [0.1, 0.15) is 41.6 Å². The third-order valence-electron chi connectivity index (χ3n) is 4.00. The minimum absolute atomic E-state index is 0.0281. The van der Waals surface area contributed by atoms with Gasteiger partial charge in [0.05, 0.1) is 0 Å². The lowest BCUT2D eigenvalue weighted by Gasteiger charge is -2.12. The molecule has 0 aliphatic carbocycles. The zero-order valence-electron chi connectivity index (χ0n) is 15.7. The molecule has 3 rings (SSSR count). The highest BCUT2D eigenvalue weighted by molar-refractivity contribution is 7.16. The number of hydrogen-bond acceptors (Lipinski definition) is 7. The van der Waals surface area contributed by atoms with Crippen molar-refractivity contribution in [3.8, 4) is 5.75 Å². The lowest BCUT2D eigenvalue weighted by molar-refractivity contribution is -0.147. The van der Waals surface area contributed by atoms with Gasteiger partial charge in [-0.1, -0.05) is 37.3 Å². The van der Waals surface area contributed by atoms with Crippen LogP contribution in [-0.2, 0) is 16.1 Å². The van der Waals surface area contributed by atoms with Gasteiger partial charge in [0.1, 0.15) is 12.4 Å². The Kier molecular flexibility index (Phi) is 5.55.